The molecule has 0 aromatic rings. The summed E-state index contributed by atoms with van der Waals surface area (Å²) in [5.41, 5.74) is 0. The number of nitrogens with one attached hydrogen (secondary N) is 1. The first-order valence-corrected chi connectivity index (χ1v) is 7.97. The van der Waals surface area contributed by atoms with Gasteiger partial charge in [0.1, 0.15) is 0 Å². The van der Waals surface area contributed by atoms with E-state index in [0.717, 1.165) is 12.8 Å². The van der Waals surface area contributed by atoms with E-state index < -0.39 is 10.2 Å². The van der Waals surface area contributed by atoms with E-state index in [9.17, 15) is 8.42 Å². The van der Waals surface area contributed by atoms with Gasteiger partial charge < -0.3 is 9.84 Å². The van der Waals surface area contributed by atoms with Gasteiger partial charge in [-0.05, 0) is 32.1 Å². The third-order valence-corrected chi connectivity index (χ3v) is 4.74. The van der Waals surface area contributed by atoms with Crippen LogP contribution >= 0.6 is 0 Å². The number of aliphatic hydroxyl groups excluding tert-OH is 1. The molecule has 1 heterocycles. The average molecular weight is 280 g/mol. The number of ether oxygens (including phenoxy) is 1. The lowest BCUT2D eigenvalue weighted by Gasteiger charge is -2.30. The van der Waals surface area contributed by atoms with Crippen LogP contribution in [0, 0.1) is 5.92 Å². The standard InChI is InChI=1S/C11H24N2O4S/c1-2-17-9-3-6-12-18(15,16)13-7-4-11(10-14)5-8-13/h11-12,14H,2-10H2,1H3. The van der Waals surface area contributed by atoms with Crippen molar-refractivity contribution in [3.05, 3.63) is 0 Å². The zero-order valence-electron chi connectivity index (χ0n) is 11.0. The molecule has 6 nitrogen and oxygen atoms in total. The fourth-order valence-electron chi connectivity index (χ4n) is 1.94. The molecule has 1 rings (SSSR count). The van der Waals surface area contributed by atoms with Gasteiger partial charge in [0.15, 0.2) is 0 Å². The van der Waals surface area contributed by atoms with Gasteiger partial charge in [0.25, 0.3) is 10.2 Å². The van der Waals surface area contributed by atoms with Crippen molar-refractivity contribution in [2.24, 2.45) is 5.92 Å². The van der Waals surface area contributed by atoms with Gasteiger partial charge in [0.05, 0.1) is 0 Å². The highest BCUT2D eigenvalue weighted by molar-refractivity contribution is 7.87. The van der Waals surface area contributed by atoms with E-state index in [1.165, 1.54) is 4.31 Å². The largest absolute Gasteiger partial charge is 0.396 e. The number of rotatable bonds is 8. The minimum atomic E-state index is -3.36. The molecule has 7 heteroatoms. The Hall–Kier alpha value is -0.210. The minimum Gasteiger partial charge on any atom is -0.396 e. The molecule has 0 unspecified atom stereocenters. The molecule has 0 aliphatic carbocycles. The van der Waals surface area contributed by atoms with Gasteiger partial charge in [-0.15, -0.1) is 0 Å². The van der Waals surface area contributed by atoms with Crippen LogP contribution in [0.2, 0.25) is 0 Å². The molecule has 1 aliphatic heterocycles. The normalized spacial score (nSPS) is 19.2. The molecule has 0 spiro atoms. The molecule has 0 aromatic heterocycles. The fraction of sp³-hybridized carbons (Fsp3) is 1.00. The molecule has 2 N–H and O–H groups in total. The first kappa shape index (κ1) is 15.8. The summed E-state index contributed by atoms with van der Waals surface area (Å²) in [7, 11) is -3.36. The second-order valence-corrected chi connectivity index (χ2v) is 6.23. The highest BCUT2D eigenvalue weighted by Gasteiger charge is 2.26. The van der Waals surface area contributed by atoms with Crippen molar-refractivity contribution >= 4 is 10.2 Å². The summed E-state index contributed by atoms with van der Waals surface area (Å²) in [6.07, 6.45) is 2.15. The molecule has 1 aliphatic rings. The maximum absolute atomic E-state index is 11.9. The lowest BCUT2D eigenvalue weighted by atomic mass is 10.00. The number of piperidine rings is 1. The van der Waals surface area contributed by atoms with Crippen LogP contribution in [0.5, 0.6) is 0 Å². The third kappa shape index (κ3) is 5.19. The maximum Gasteiger partial charge on any atom is 0.279 e. The topological polar surface area (TPSA) is 78.9 Å². The Morgan fingerprint density at radius 1 is 1.39 bits per heavy atom. The number of hydrogen-bond acceptors (Lipinski definition) is 4. The monoisotopic (exact) mass is 280 g/mol. The second-order valence-electron chi connectivity index (χ2n) is 4.47. The summed E-state index contributed by atoms with van der Waals surface area (Å²) in [6.45, 7) is 4.68. The van der Waals surface area contributed by atoms with Gasteiger partial charge in [-0.2, -0.15) is 12.7 Å². The molecule has 0 bridgehead atoms. The maximum atomic E-state index is 11.9. The molecule has 0 amide bonds. The number of aliphatic hydroxyl groups is 1. The van der Waals surface area contributed by atoms with Gasteiger partial charge in [-0.25, -0.2) is 4.72 Å². The van der Waals surface area contributed by atoms with Crippen molar-refractivity contribution in [1.29, 1.82) is 0 Å². The molecule has 108 valence electrons. The SMILES string of the molecule is CCOCCCNS(=O)(=O)N1CCC(CO)CC1. The Morgan fingerprint density at radius 3 is 2.61 bits per heavy atom. The number of hydrogen-bond donors (Lipinski definition) is 2. The molecule has 1 fully saturated rings. The van der Waals surface area contributed by atoms with Crippen LogP contribution in [0.1, 0.15) is 26.2 Å². The predicted molar refractivity (Wildman–Crippen MR) is 69.4 cm³/mol. The molecule has 0 saturated carbocycles. The molecule has 0 aromatic carbocycles. The first-order chi connectivity index (χ1) is 8.60. The molecule has 1 saturated heterocycles. The van der Waals surface area contributed by atoms with E-state index in [1.54, 1.807) is 0 Å². The first-order valence-electron chi connectivity index (χ1n) is 6.53. The van der Waals surface area contributed by atoms with Gasteiger partial charge in [0.2, 0.25) is 0 Å². The van der Waals surface area contributed by atoms with Gasteiger partial charge >= 0.3 is 0 Å². The van der Waals surface area contributed by atoms with E-state index in [2.05, 4.69) is 4.72 Å². The van der Waals surface area contributed by atoms with Crippen LogP contribution < -0.4 is 4.72 Å². The van der Waals surface area contributed by atoms with Crippen molar-refractivity contribution < 1.29 is 18.3 Å². The van der Waals surface area contributed by atoms with E-state index in [-0.39, 0.29) is 12.5 Å². The Labute approximate surface area is 109 Å². The third-order valence-electron chi connectivity index (χ3n) is 3.13. The van der Waals surface area contributed by atoms with E-state index in [4.69, 9.17) is 9.84 Å². The highest BCUT2D eigenvalue weighted by Crippen LogP contribution is 2.18. The van der Waals surface area contributed by atoms with Crippen molar-refractivity contribution in [3.63, 3.8) is 0 Å². The summed E-state index contributed by atoms with van der Waals surface area (Å²) in [5.74, 6) is 0.245. The fourth-order valence-corrected chi connectivity index (χ4v) is 3.22. The van der Waals surface area contributed by atoms with E-state index >= 15 is 0 Å². The van der Waals surface area contributed by atoms with Crippen molar-refractivity contribution in [3.8, 4) is 0 Å². The van der Waals surface area contributed by atoms with Crippen LogP contribution in [-0.4, -0.2) is 57.3 Å². The Morgan fingerprint density at radius 2 is 2.06 bits per heavy atom. The summed E-state index contributed by atoms with van der Waals surface area (Å²) >= 11 is 0. The lowest BCUT2D eigenvalue weighted by molar-refractivity contribution is 0.145. The van der Waals surface area contributed by atoms with Crippen LogP contribution in [-0.2, 0) is 14.9 Å². The van der Waals surface area contributed by atoms with Crippen molar-refractivity contribution in [1.82, 2.24) is 9.03 Å². The minimum absolute atomic E-state index is 0.148. The molecular weight excluding hydrogens is 256 g/mol. The number of nitrogens with zero attached hydrogens (tertiary/aromatic N) is 1. The summed E-state index contributed by atoms with van der Waals surface area (Å²) < 4.78 is 33.0. The van der Waals surface area contributed by atoms with E-state index in [1.807, 2.05) is 6.92 Å². The van der Waals surface area contributed by atoms with Crippen LogP contribution in [0.4, 0.5) is 0 Å². The summed E-state index contributed by atoms with van der Waals surface area (Å²) in [6, 6.07) is 0. The Bertz CT molecular complexity index is 313. The van der Waals surface area contributed by atoms with Crippen LogP contribution in [0.15, 0.2) is 0 Å². The molecular formula is C11H24N2O4S. The zero-order chi connectivity index (χ0) is 13.4. The van der Waals surface area contributed by atoms with Gasteiger partial charge in [0, 0.05) is 39.5 Å². The van der Waals surface area contributed by atoms with Crippen molar-refractivity contribution in [2.75, 3.05) is 39.5 Å². The smallest absolute Gasteiger partial charge is 0.279 e. The van der Waals surface area contributed by atoms with Crippen molar-refractivity contribution in [2.45, 2.75) is 26.2 Å². The average Bonchev–Trinajstić information content (AvgIpc) is 2.38. The summed E-state index contributed by atoms with van der Waals surface area (Å²) in [4.78, 5) is 0. The van der Waals surface area contributed by atoms with Gasteiger partial charge in [-0.3, -0.25) is 0 Å². The van der Waals surface area contributed by atoms with Crippen LogP contribution in [0.3, 0.4) is 0 Å². The zero-order valence-corrected chi connectivity index (χ0v) is 11.8. The molecule has 0 radical (unpaired) electrons. The molecule has 0 atom stereocenters. The van der Waals surface area contributed by atoms with Gasteiger partial charge in [-0.1, -0.05) is 0 Å². The van der Waals surface area contributed by atoms with E-state index in [0.29, 0.717) is 39.3 Å². The molecule has 18 heavy (non-hydrogen) atoms. The predicted octanol–water partition coefficient (Wildman–Crippen LogP) is -0.0483. The Balaban J connectivity index is 2.26. The quantitative estimate of drug-likeness (QED) is 0.611. The highest BCUT2D eigenvalue weighted by atomic mass is 32.2. The second kappa shape index (κ2) is 8.06. The lowest BCUT2D eigenvalue weighted by Crippen LogP contribution is -2.45. The summed E-state index contributed by atoms with van der Waals surface area (Å²) in [5, 5.41) is 9.01. The Kier molecular flexibility index (Phi) is 7.10. The van der Waals surface area contributed by atoms with Crippen LogP contribution in [0.25, 0.3) is 0 Å².